The Balaban J connectivity index is 1.50. The van der Waals surface area contributed by atoms with E-state index in [1.165, 1.54) is 0 Å². The summed E-state index contributed by atoms with van der Waals surface area (Å²) in [5, 5.41) is 12.8. The molecule has 1 amide bonds. The van der Waals surface area contributed by atoms with Gasteiger partial charge in [0.1, 0.15) is 11.3 Å². The Morgan fingerprint density at radius 2 is 2.12 bits per heavy atom. The molecule has 7 nitrogen and oxygen atoms in total. The van der Waals surface area contributed by atoms with Gasteiger partial charge < -0.3 is 14.6 Å². The normalized spacial score (nSPS) is 15.5. The lowest BCUT2D eigenvalue weighted by Crippen LogP contribution is -2.30. The smallest absolute Gasteiger partial charge is 0.276 e. The fourth-order valence-corrected chi connectivity index (χ4v) is 3.54. The van der Waals surface area contributed by atoms with Gasteiger partial charge in [0.25, 0.3) is 5.91 Å². The summed E-state index contributed by atoms with van der Waals surface area (Å²) in [4.78, 5) is 14.5. The van der Waals surface area contributed by atoms with Crippen LogP contribution in [0.25, 0.3) is 11.0 Å². The molecule has 136 valence electrons. The van der Waals surface area contributed by atoms with Crippen molar-refractivity contribution in [1.29, 1.82) is 0 Å². The van der Waals surface area contributed by atoms with E-state index >= 15 is 0 Å². The quantitative estimate of drug-likeness (QED) is 0.780. The number of amides is 1. The summed E-state index contributed by atoms with van der Waals surface area (Å²) in [6.07, 6.45) is 2.01. The number of hydrogen-bond donors (Lipinski definition) is 1. The van der Waals surface area contributed by atoms with Gasteiger partial charge in [0.15, 0.2) is 5.69 Å². The monoisotopic (exact) mass is 353 g/mol. The molecule has 26 heavy (non-hydrogen) atoms. The van der Waals surface area contributed by atoms with Crippen molar-refractivity contribution in [2.45, 2.75) is 32.4 Å². The average molecular weight is 353 g/mol. The summed E-state index contributed by atoms with van der Waals surface area (Å²) in [6.45, 7) is 4.26. The highest BCUT2D eigenvalue weighted by atomic mass is 16.3. The fourth-order valence-electron chi connectivity index (χ4n) is 3.54. The van der Waals surface area contributed by atoms with E-state index in [1.54, 1.807) is 11.9 Å². The zero-order valence-electron chi connectivity index (χ0n) is 15.1. The predicted octanol–water partition coefficient (Wildman–Crippen LogP) is 2.53. The topological polar surface area (TPSA) is 76.2 Å². The van der Waals surface area contributed by atoms with E-state index in [-0.39, 0.29) is 5.91 Å². The molecule has 0 atom stereocenters. The van der Waals surface area contributed by atoms with Crippen molar-refractivity contribution < 1.29 is 9.21 Å². The van der Waals surface area contributed by atoms with E-state index in [0.29, 0.717) is 18.3 Å². The van der Waals surface area contributed by atoms with Gasteiger partial charge >= 0.3 is 0 Å². The molecule has 1 saturated heterocycles. The average Bonchev–Trinajstić information content (AvgIpc) is 3.24. The lowest BCUT2D eigenvalue weighted by molar-refractivity contribution is 0.0769. The number of aromatic nitrogens is 3. The second-order valence-electron chi connectivity index (χ2n) is 6.86. The largest absolute Gasteiger partial charge is 0.459 e. The van der Waals surface area contributed by atoms with Crippen molar-refractivity contribution in [2.24, 2.45) is 0 Å². The summed E-state index contributed by atoms with van der Waals surface area (Å²) in [6, 6.07) is 10.1. The van der Waals surface area contributed by atoms with E-state index < -0.39 is 0 Å². The van der Waals surface area contributed by atoms with Gasteiger partial charge in [-0.15, -0.1) is 5.10 Å². The van der Waals surface area contributed by atoms with Crippen molar-refractivity contribution >= 4 is 16.9 Å². The van der Waals surface area contributed by atoms with Gasteiger partial charge in [-0.05, 0) is 45.0 Å². The molecule has 0 aliphatic carbocycles. The maximum absolute atomic E-state index is 12.8. The number of rotatable bonds is 4. The Bertz CT molecular complexity index is 890. The first-order chi connectivity index (χ1) is 12.6. The van der Waals surface area contributed by atoms with Crippen LogP contribution in [0.5, 0.6) is 0 Å². The highest BCUT2D eigenvalue weighted by Gasteiger charge is 2.25. The van der Waals surface area contributed by atoms with Crippen molar-refractivity contribution in [3.05, 3.63) is 47.5 Å². The Morgan fingerprint density at radius 3 is 2.88 bits per heavy atom. The first kappa shape index (κ1) is 16.8. The van der Waals surface area contributed by atoms with Crippen molar-refractivity contribution in [2.75, 3.05) is 20.1 Å². The zero-order chi connectivity index (χ0) is 18.1. The van der Waals surface area contributed by atoms with E-state index in [0.717, 1.165) is 48.4 Å². The molecule has 0 unspecified atom stereocenters. The summed E-state index contributed by atoms with van der Waals surface area (Å²) in [7, 11) is 1.76. The van der Waals surface area contributed by atoms with Crippen LogP contribution in [-0.2, 0) is 6.54 Å². The van der Waals surface area contributed by atoms with E-state index in [2.05, 4.69) is 15.6 Å². The standard InChI is InChI=1S/C19H23N5O2/c1-13-18(21-22-24(13)15-7-9-20-10-8-15)19(25)23(2)12-16-11-14-5-3-4-6-17(14)26-16/h3-6,11,15,20H,7-10,12H2,1-2H3. The summed E-state index contributed by atoms with van der Waals surface area (Å²) in [5.41, 5.74) is 2.08. The van der Waals surface area contributed by atoms with E-state index in [4.69, 9.17) is 4.42 Å². The minimum Gasteiger partial charge on any atom is -0.459 e. The molecule has 3 heterocycles. The summed E-state index contributed by atoms with van der Waals surface area (Å²) >= 11 is 0. The Morgan fingerprint density at radius 1 is 1.35 bits per heavy atom. The number of carbonyl (C=O) groups excluding carboxylic acids is 1. The molecule has 0 spiro atoms. The number of nitrogens with zero attached hydrogens (tertiary/aromatic N) is 4. The molecule has 4 rings (SSSR count). The number of nitrogens with one attached hydrogen (secondary N) is 1. The van der Waals surface area contributed by atoms with Gasteiger partial charge in [0, 0.05) is 12.4 Å². The molecule has 1 aromatic carbocycles. The number of furan rings is 1. The first-order valence-electron chi connectivity index (χ1n) is 8.99. The van der Waals surface area contributed by atoms with Crippen molar-refractivity contribution in [3.8, 4) is 0 Å². The van der Waals surface area contributed by atoms with Crippen LogP contribution in [0.4, 0.5) is 0 Å². The molecule has 7 heteroatoms. The maximum Gasteiger partial charge on any atom is 0.276 e. The number of para-hydroxylation sites is 1. The van der Waals surface area contributed by atoms with Crippen molar-refractivity contribution in [3.63, 3.8) is 0 Å². The fraction of sp³-hybridized carbons (Fsp3) is 0.421. The minimum atomic E-state index is -0.136. The first-order valence-corrected chi connectivity index (χ1v) is 8.99. The number of carbonyl (C=O) groups is 1. The molecule has 0 bridgehead atoms. The van der Waals surface area contributed by atoms with Gasteiger partial charge in [-0.1, -0.05) is 23.4 Å². The van der Waals surface area contributed by atoms with E-state index in [9.17, 15) is 4.79 Å². The molecule has 1 aliphatic heterocycles. The van der Waals surface area contributed by atoms with Gasteiger partial charge in [-0.2, -0.15) is 0 Å². The third-order valence-corrected chi connectivity index (χ3v) is 5.00. The minimum absolute atomic E-state index is 0.136. The number of fused-ring (bicyclic) bond motifs is 1. The lowest BCUT2D eigenvalue weighted by atomic mass is 10.1. The van der Waals surface area contributed by atoms with Gasteiger partial charge in [-0.25, -0.2) is 4.68 Å². The predicted molar refractivity (Wildman–Crippen MR) is 97.9 cm³/mol. The summed E-state index contributed by atoms with van der Waals surface area (Å²) < 4.78 is 7.72. The third-order valence-electron chi connectivity index (χ3n) is 5.00. The highest BCUT2D eigenvalue weighted by molar-refractivity contribution is 5.93. The Kier molecular flexibility index (Phi) is 4.46. The third kappa shape index (κ3) is 3.10. The molecular formula is C19H23N5O2. The van der Waals surface area contributed by atoms with Gasteiger partial charge in [0.05, 0.1) is 18.3 Å². The number of benzene rings is 1. The molecular weight excluding hydrogens is 330 g/mol. The molecule has 1 N–H and O–H groups in total. The van der Waals surface area contributed by atoms with Crippen LogP contribution in [0.15, 0.2) is 34.7 Å². The van der Waals surface area contributed by atoms with Crippen molar-refractivity contribution in [1.82, 2.24) is 25.2 Å². The Hall–Kier alpha value is -2.67. The number of piperidine rings is 1. The summed E-state index contributed by atoms with van der Waals surface area (Å²) in [5.74, 6) is 0.619. The molecule has 0 radical (unpaired) electrons. The van der Waals surface area contributed by atoms with Crippen LogP contribution in [0.1, 0.15) is 40.8 Å². The van der Waals surface area contributed by atoms with E-state index in [1.807, 2.05) is 41.9 Å². The highest BCUT2D eigenvalue weighted by Crippen LogP contribution is 2.22. The molecule has 2 aromatic heterocycles. The second-order valence-corrected chi connectivity index (χ2v) is 6.86. The molecule has 1 fully saturated rings. The SMILES string of the molecule is Cc1c(C(=O)N(C)Cc2cc3ccccc3o2)nnn1C1CCNCC1. The Labute approximate surface area is 152 Å². The molecule has 0 saturated carbocycles. The van der Waals surface area contributed by atoms with Crippen LogP contribution >= 0.6 is 0 Å². The van der Waals surface area contributed by atoms with Crippen LogP contribution in [-0.4, -0.2) is 45.9 Å². The second kappa shape index (κ2) is 6.92. The van der Waals surface area contributed by atoms with Gasteiger partial charge in [0.2, 0.25) is 0 Å². The lowest BCUT2D eigenvalue weighted by Gasteiger charge is -2.23. The maximum atomic E-state index is 12.8. The number of hydrogen-bond acceptors (Lipinski definition) is 5. The van der Waals surface area contributed by atoms with Crippen LogP contribution in [0.2, 0.25) is 0 Å². The zero-order valence-corrected chi connectivity index (χ0v) is 15.1. The molecule has 3 aromatic rings. The van der Waals surface area contributed by atoms with Gasteiger partial charge in [-0.3, -0.25) is 4.79 Å². The van der Waals surface area contributed by atoms with Crippen LogP contribution in [0.3, 0.4) is 0 Å². The molecule has 1 aliphatic rings. The van der Waals surface area contributed by atoms with Crippen LogP contribution in [0, 0.1) is 6.92 Å². The van der Waals surface area contributed by atoms with Crippen LogP contribution < -0.4 is 5.32 Å².